The Morgan fingerprint density at radius 1 is 0.926 bits per heavy atom. The van der Waals surface area contributed by atoms with Gasteiger partial charge in [0.2, 0.25) is 0 Å². The standard InChI is InChI=1S/C22H21N3O2/c1-15-7-6-10-19(16(15)2)25-21(26)18-11-12-23-20(13-18)22(27)24-14-17-8-4-3-5-9-17/h3-13H,14H2,1-2H3,(H,24,27)(H,25,26). The third-order valence-electron chi connectivity index (χ3n) is 4.40. The van der Waals surface area contributed by atoms with Crippen molar-refractivity contribution < 1.29 is 9.59 Å². The van der Waals surface area contributed by atoms with Crippen molar-refractivity contribution in [1.82, 2.24) is 10.3 Å². The van der Waals surface area contributed by atoms with Gasteiger partial charge < -0.3 is 10.6 Å². The molecule has 3 rings (SSSR count). The number of pyridine rings is 1. The lowest BCUT2D eigenvalue weighted by Gasteiger charge is -2.11. The summed E-state index contributed by atoms with van der Waals surface area (Å²) in [5.41, 5.74) is 4.46. The molecule has 0 aliphatic heterocycles. The Morgan fingerprint density at radius 3 is 2.48 bits per heavy atom. The highest BCUT2D eigenvalue weighted by molar-refractivity contribution is 6.06. The molecule has 3 aromatic rings. The Balaban J connectivity index is 1.70. The molecule has 2 amide bonds. The summed E-state index contributed by atoms with van der Waals surface area (Å²) in [5.74, 6) is -0.594. The molecule has 0 radical (unpaired) electrons. The first-order valence-electron chi connectivity index (χ1n) is 8.70. The van der Waals surface area contributed by atoms with E-state index in [0.717, 1.165) is 22.4 Å². The van der Waals surface area contributed by atoms with Crippen molar-refractivity contribution in [3.05, 3.63) is 94.8 Å². The van der Waals surface area contributed by atoms with Gasteiger partial charge >= 0.3 is 0 Å². The molecular weight excluding hydrogens is 338 g/mol. The van der Waals surface area contributed by atoms with Gasteiger partial charge in [-0.15, -0.1) is 0 Å². The van der Waals surface area contributed by atoms with Gasteiger partial charge in [0.05, 0.1) is 0 Å². The van der Waals surface area contributed by atoms with Crippen molar-refractivity contribution in [3.8, 4) is 0 Å². The fraction of sp³-hybridized carbons (Fsp3) is 0.136. The van der Waals surface area contributed by atoms with Crippen molar-refractivity contribution in [3.63, 3.8) is 0 Å². The smallest absolute Gasteiger partial charge is 0.270 e. The average molecular weight is 359 g/mol. The summed E-state index contributed by atoms with van der Waals surface area (Å²) >= 11 is 0. The molecule has 0 saturated heterocycles. The molecule has 5 heteroatoms. The Kier molecular flexibility index (Phi) is 5.61. The molecule has 1 heterocycles. The van der Waals surface area contributed by atoms with Crippen LogP contribution in [-0.4, -0.2) is 16.8 Å². The second kappa shape index (κ2) is 8.27. The maximum atomic E-state index is 12.6. The fourth-order valence-corrected chi connectivity index (χ4v) is 2.65. The number of anilines is 1. The van der Waals surface area contributed by atoms with Crippen molar-refractivity contribution in [1.29, 1.82) is 0 Å². The number of amides is 2. The monoisotopic (exact) mass is 359 g/mol. The Bertz CT molecular complexity index is 968. The van der Waals surface area contributed by atoms with E-state index in [1.54, 1.807) is 6.07 Å². The maximum Gasteiger partial charge on any atom is 0.270 e. The molecule has 0 spiro atoms. The predicted octanol–water partition coefficient (Wildman–Crippen LogP) is 3.88. The summed E-state index contributed by atoms with van der Waals surface area (Å²) in [5, 5.41) is 5.71. The molecule has 1 aromatic heterocycles. The zero-order valence-electron chi connectivity index (χ0n) is 15.3. The Morgan fingerprint density at radius 2 is 1.70 bits per heavy atom. The molecule has 0 aliphatic rings. The molecule has 2 N–H and O–H groups in total. The summed E-state index contributed by atoms with van der Waals surface area (Å²) in [4.78, 5) is 29.0. The summed E-state index contributed by atoms with van der Waals surface area (Å²) in [7, 11) is 0. The lowest BCUT2D eigenvalue weighted by atomic mass is 10.1. The number of benzene rings is 2. The van der Waals surface area contributed by atoms with Gasteiger partial charge in [-0.3, -0.25) is 14.6 Å². The first kappa shape index (κ1) is 18.3. The molecule has 2 aromatic carbocycles. The van der Waals surface area contributed by atoms with Gasteiger partial charge in [-0.2, -0.15) is 0 Å². The summed E-state index contributed by atoms with van der Waals surface area (Å²) in [6.45, 7) is 4.35. The van der Waals surface area contributed by atoms with Crippen LogP contribution in [0.2, 0.25) is 0 Å². The number of aromatic nitrogens is 1. The van der Waals surface area contributed by atoms with Crippen LogP contribution in [0.3, 0.4) is 0 Å². The molecule has 27 heavy (non-hydrogen) atoms. The minimum absolute atomic E-state index is 0.208. The van der Waals surface area contributed by atoms with E-state index < -0.39 is 0 Å². The number of carbonyl (C=O) groups excluding carboxylic acids is 2. The SMILES string of the molecule is Cc1cccc(NC(=O)c2ccnc(C(=O)NCc3ccccc3)c2)c1C. The molecule has 0 bridgehead atoms. The van der Waals surface area contributed by atoms with Crippen molar-refractivity contribution in [2.45, 2.75) is 20.4 Å². The van der Waals surface area contributed by atoms with Gasteiger partial charge in [0.15, 0.2) is 0 Å². The van der Waals surface area contributed by atoms with Crippen LogP contribution in [0, 0.1) is 13.8 Å². The van der Waals surface area contributed by atoms with Gasteiger partial charge in [-0.25, -0.2) is 0 Å². The first-order valence-corrected chi connectivity index (χ1v) is 8.70. The number of nitrogens with zero attached hydrogens (tertiary/aromatic N) is 1. The second-order valence-corrected chi connectivity index (χ2v) is 6.30. The number of hydrogen-bond acceptors (Lipinski definition) is 3. The summed E-state index contributed by atoms with van der Waals surface area (Å²) in [6, 6.07) is 18.5. The molecule has 0 fully saturated rings. The summed E-state index contributed by atoms with van der Waals surface area (Å²) < 4.78 is 0. The predicted molar refractivity (Wildman–Crippen MR) is 106 cm³/mol. The highest BCUT2D eigenvalue weighted by Crippen LogP contribution is 2.19. The van der Waals surface area contributed by atoms with Crippen LogP contribution in [-0.2, 0) is 6.54 Å². The van der Waals surface area contributed by atoms with E-state index in [1.807, 2.05) is 62.4 Å². The molecule has 0 unspecified atom stereocenters. The summed E-state index contributed by atoms with van der Waals surface area (Å²) in [6.07, 6.45) is 1.47. The van der Waals surface area contributed by atoms with Crippen molar-refractivity contribution in [2.75, 3.05) is 5.32 Å². The van der Waals surface area contributed by atoms with E-state index >= 15 is 0 Å². The van der Waals surface area contributed by atoms with Gasteiger partial charge in [-0.1, -0.05) is 42.5 Å². The van der Waals surface area contributed by atoms with E-state index in [9.17, 15) is 9.59 Å². The van der Waals surface area contributed by atoms with E-state index in [1.165, 1.54) is 12.3 Å². The van der Waals surface area contributed by atoms with Crippen LogP contribution >= 0.6 is 0 Å². The lowest BCUT2D eigenvalue weighted by Crippen LogP contribution is -2.24. The topological polar surface area (TPSA) is 71.1 Å². The van der Waals surface area contributed by atoms with E-state index in [2.05, 4.69) is 15.6 Å². The molecular formula is C22H21N3O2. The normalized spacial score (nSPS) is 10.3. The third-order valence-corrected chi connectivity index (χ3v) is 4.40. The molecule has 136 valence electrons. The minimum Gasteiger partial charge on any atom is -0.347 e. The van der Waals surface area contributed by atoms with Crippen molar-refractivity contribution >= 4 is 17.5 Å². The molecule has 5 nitrogen and oxygen atoms in total. The molecule has 0 saturated carbocycles. The van der Waals surface area contributed by atoms with Gasteiger partial charge in [0.1, 0.15) is 5.69 Å². The second-order valence-electron chi connectivity index (χ2n) is 6.30. The number of hydrogen-bond donors (Lipinski definition) is 2. The van der Waals surface area contributed by atoms with Crippen LogP contribution in [0.15, 0.2) is 66.9 Å². The van der Waals surface area contributed by atoms with E-state index in [-0.39, 0.29) is 17.5 Å². The fourth-order valence-electron chi connectivity index (χ4n) is 2.65. The maximum absolute atomic E-state index is 12.6. The number of carbonyl (C=O) groups is 2. The average Bonchev–Trinajstić information content (AvgIpc) is 2.70. The first-order chi connectivity index (χ1) is 13.0. The minimum atomic E-state index is -0.319. The van der Waals surface area contributed by atoms with Gasteiger partial charge in [0.25, 0.3) is 11.8 Å². The van der Waals surface area contributed by atoms with Gasteiger partial charge in [-0.05, 0) is 48.7 Å². The molecule has 0 aliphatic carbocycles. The van der Waals surface area contributed by atoms with E-state index in [0.29, 0.717) is 12.1 Å². The lowest BCUT2D eigenvalue weighted by molar-refractivity contribution is 0.0946. The zero-order chi connectivity index (χ0) is 19.2. The quantitative estimate of drug-likeness (QED) is 0.726. The van der Waals surface area contributed by atoms with Crippen LogP contribution in [0.1, 0.15) is 37.5 Å². The van der Waals surface area contributed by atoms with Crippen LogP contribution in [0.25, 0.3) is 0 Å². The third kappa shape index (κ3) is 4.58. The van der Waals surface area contributed by atoms with E-state index in [4.69, 9.17) is 0 Å². The Labute approximate surface area is 158 Å². The Hall–Kier alpha value is -3.47. The van der Waals surface area contributed by atoms with Crippen LogP contribution < -0.4 is 10.6 Å². The highest BCUT2D eigenvalue weighted by Gasteiger charge is 2.13. The van der Waals surface area contributed by atoms with Gasteiger partial charge in [0, 0.05) is 24.0 Å². The zero-order valence-corrected chi connectivity index (χ0v) is 15.3. The molecule has 0 atom stereocenters. The highest BCUT2D eigenvalue weighted by atomic mass is 16.2. The van der Waals surface area contributed by atoms with Crippen molar-refractivity contribution in [2.24, 2.45) is 0 Å². The number of rotatable bonds is 5. The number of nitrogens with one attached hydrogen (secondary N) is 2. The number of aryl methyl sites for hydroxylation is 1. The largest absolute Gasteiger partial charge is 0.347 e. The van der Waals surface area contributed by atoms with Crippen LogP contribution in [0.4, 0.5) is 5.69 Å². The van der Waals surface area contributed by atoms with Crippen LogP contribution in [0.5, 0.6) is 0 Å².